The summed E-state index contributed by atoms with van der Waals surface area (Å²) in [5.74, 6) is 0.566. The highest BCUT2D eigenvalue weighted by atomic mass is 32.2. The molecule has 2 saturated heterocycles. The van der Waals surface area contributed by atoms with Crippen LogP contribution < -0.4 is 5.32 Å². The quantitative estimate of drug-likeness (QED) is 0.543. The Hall–Kier alpha value is -2.71. The number of sulfone groups is 1. The summed E-state index contributed by atoms with van der Waals surface area (Å²) in [7, 11) is -3.22. The molecule has 2 aromatic rings. The van der Waals surface area contributed by atoms with Gasteiger partial charge in [0, 0.05) is 38.2 Å². The van der Waals surface area contributed by atoms with Crippen LogP contribution in [0.25, 0.3) is 0 Å². The van der Waals surface area contributed by atoms with Crippen LogP contribution in [0.3, 0.4) is 0 Å². The van der Waals surface area contributed by atoms with E-state index in [0.717, 1.165) is 69.4 Å². The molecule has 1 saturated carbocycles. The Balaban J connectivity index is 1.13. The number of nitrogens with one attached hydrogen (secondary N) is 1. The Morgan fingerprint density at radius 3 is 2.35 bits per heavy atom. The van der Waals surface area contributed by atoms with E-state index in [2.05, 4.69) is 22.3 Å². The van der Waals surface area contributed by atoms with Crippen molar-refractivity contribution < 1.29 is 18.0 Å². The van der Waals surface area contributed by atoms with Gasteiger partial charge in [-0.25, -0.2) is 8.42 Å². The highest BCUT2D eigenvalue weighted by Gasteiger charge is 2.44. The second kappa shape index (κ2) is 10.6. The van der Waals surface area contributed by atoms with E-state index in [0.29, 0.717) is 17.9 Å². The summed E-state index contributed by atoms with van der Waals surface area (Å²) in [5.41, 5.74) is 2.14. The van der Waals surface area contributed by atoms with Gasteiger partial charge in [0.15, 0.2) is 9.84 Å². The summed E-state index contributed by atoms with van der Waals surface area (Å²) < 4.78 is 23.4. The fourth-order valence-corrected chi connectivity index (χ4v) is 6.36. The van der Waals surface area contributed by atoms with E-state index < -0.39 is 9.84 Å². The second-order valence-corrected chi connectivity index (χ2v) is 13.2. The van der Waals surface area contributed by atoms with E-state index in [9.17, 15) is 18.0 Å². The largest absolute Gasteiger partial charge is 0.349 e. The third-order valence-electron chi connectivity index (χ3n) is 8.25. The first-order valence-electron chi connectivity index (χ1n) is 13.4. The van der Waals surface area contributed by atoms with Crippen LogP contribution in [-0.4, -0.2) is 62.5 Å². The molecule has 2 heterocycles. The average Bonchev–Trinajstić information content (AvgIpc) is 3.69. The van der Waals surface area contributed by atoms with Gasteiger partial charge in [-0.05, 0) is 73.9 Å². The van der Waals surface area contributed by atoms with Crippen molar-refractivity contribution in [1.29, 1.82) is 0 Å². The Morgan fingerprint density at radius 2 is 1.73 bits per heavy atom. The molecule has 3 fully saturated rings. The van der Waals surface area contributed by atoms with Crippen LogP contribution in [0.2, 0.25) is 0 Å². The van der Waals surface area contributed by atoms with E-state index in [1.165, 1.54) is 6.26 Å². The molecule has 0 unspecified atom stereocenters. The van der Waals surface area contributed by atoms with Crippen LogP contribution >= 0.6 is 0 Å². The molecule has 5 rings (SSSR count). The lowest BCUT2D eigenvalue weighted by Gasteiger charge is -2.39. The minimum absolute atomic E-state index is 0.0271. The molecule has 1 atom stereocenters. The number of benzene rings is 2. The molecule has 0 aromatic heterocycles. The van der Waals surface area contributed by atoms with Crippen molar-refractivity contribution in [3.63, 3.8) is 0 Å². The Bertz CT molecular complexity index is 1220. The predicted octanol–water partition coefficient (Wildman–Crippen LogP) is 3.56. The lowest BCUT2D eigenvalue weighted by molar-refractivity contribution is -0.128. The van der Waals surface area contributed by atoms with Crippen LogP contribution in [0.4, 0.5) is 0 Å². The number of carbonyl (C=O) groups is 2. The third-order valence-corrected chi connectivity index (χ3v) is 9.38. The second-order valence-electron chi connectivity index (χ2n) is 11.2. The molecule has 7 nitrogen and oxygen atoms in total. The molecule has 2 aliphatic heterocycles. The zero-order valence-electron chi connectivity index (χ0n) is 21.6. The van der Waals surface area contributed by atoms with Gasteiger partial charge in [-0.3, -0.25) is 9.59 Å². The molecule has 1 aliphatic carbocycles. The van der Waals surface area contributed by atoms with Gasteiger partial charge in [0.25, 0.3) is 0 Å². The topological polar surface area (TPSA) is 86.8 Å². The third kappa shape index (κ3) is 6.41. The zero-order valence-corrected chi connectivity index (χ0v) is 22.4. The van der Waals surface area contributed by atoms with Gasteiger partial charge in [-0.2, -0.15) is 0 Å². The van der Waals surface area contributed by atoms with Gasteiger partial charge in [0.1, 0.15) is 0 Å². The van der Waals surface area contributed by atoms with E-state index in [1.54, 1.807) is 12.1 Å². The van der Waals surface area contributed by atoms with E-state index in [1.807, 2.05) is 35.2 Å². The van der Waals surface area contributed by atoms with Crippen LogP contribution in [0.5, 0.6) is 0 Å². The predicted molar refractivity (Wildman–Crippen MR) is 142 cm³/mol. The molecule has 1 spiro atoms. The van der Waals surface area contributed by atoms with Crippen molar-refractivity contribution in [3.05, 3.63) is 65.7 Å². The molecule has 0 bridgehead atoms. The van der Waals surface area contributed by atoms with Crippen LogP contribution in [-0.2, 0) is 26.0 Å². The van der Waals surface area contributed by atoms with Crippen LogP contribution in [0, 0.1) is 11.3 Å². The highest BCUT2D eigenvalue weighted by molar-refractivity contribution is 7.90. The number of piperidine rings is 1. The van der Waals surface area contributed by atoms with Gasteiger partial charge in [0.05, 0.1) is 10.9 Å². The summed E-state index contributed by atoms with van der Waals surface area (Å²) in [6, 6.07) is 17.1. The fraction of sp³-hybridized carbons (Fsp3) is 0.517. The lowest BCUT2D eigenvalue weighted by Crippen LogP contribution is -2.42. The normalized spacial score (nSPS) is 20.8. The number of carbonyl (C=O) groups excluding carboxylic acids is 2. The fourth-order valence-electron chi connectivity index (χ4n) is 5.73. The summed E-state index contributed by atoms with van der Waals surface area (Å²) in [6.45, 7) is 4.13. The number of rotatable bonds is 9. The number of likely N-dealkylation sites (tertiary alicyclic amines) is 2. The molecule has 198 valence electrons. The zero-order chi connectivity index (χ0) is 26.0. The van der Waals surface area contributed by atoms with Gasteiger partial charge in [-0.1, -0.05) is 42.5 Å². The molecule has 3 aliphatic rings. The maximum Gasteiger partial charge on any atom is 0.223 e. The molecule has 37 heavy (non-hydrogen) atoms. The number of amides is 2. The maximum atomic E-state index is 12.9. The Kier molecular flexibility index (Phi) is 7.41. The van der Waals surface area contributed by atoms with Crippen LogP contribution in [0.1, 0.15) is 55.7 Å². The van der Waals surface area contributed by atoms with Gasteiger partial charge >= 0.3 is 0 Å². The van der Waals surface area contributed by atoms with E-state index >= 15 is 0 Å². The lowest BCUT2D eigenvalue weighted by atomic mass is 9.77. The van der Waals surface area contributed by atoms with Gasteiger partial charge < -0.3 is 15.1 Å². The minimum Gasteiger partial charge on any atom is -0.349 e. The van der Waals surface area contributed by atoms with Crippen molar-refractivity contribution >= 4 is 21.7 Å². The number of hydrogen-bond donors (Lipinski definition) is 1. The highest BCUT2D eigenvalue weighted by Crippen LogP contribution is 2.41. The molecular weight excluding hydrogens is 486 g/mol. The summed E-state index contributed by atoms with van der Waals surface area (Å²) >= 11 is 0. The first-order valence-corrected chi connectivity index (χ1v) is 15.2. The maximum absolute atomic E-state index is 12.9. The van der Waals surface area contributed by atoms with Gasteiger partial charge in [-0.15, -0.1) is 0 Å². The molecule has 1 N–H and O–H groups in total. The molecular formula is C29H37N3O4S. The number of nitrogens with zero attached hydrogens (tertiary/aromatic N) is 2. The molecule has 2 amide bonds. The van der Waals surface area contributed by atoms with Crippen molar-refractivity contribution in [2.75, 3.05) is 32.4 Å². The SMILES string of the molecule is CS(=O)(=O)c1ccc(CN2CC3(CCN(CC[C@H](NC(=O)C4CC4)c4ccccc4)CC3)CC2=O)cc1. The van der Waals surface area contributed by atoms with Crippen molar-refractivity contribution in [2.24, 2.45) is 11.3 Å². The minimum atomic E-state index is -3.22. The standard InChI is InChI=1S/C29H37N3O4S/c1-37(35,36)25-11-7-22(8-12-25)20-32-21-29(19-27(32)33)14-17-31(18-15-29)16-13-26(23-5-3-2-4-6-23)30-28(34)24-9-10-24/h2-8,11-12,24,26H,9-10,13-21H2,1H3,(H,30,34)/t26-/m0/s1. The summed E-state index contributed by atoms with van der Waals surface area (Å²) in [5, 5.41) is 3.28. The first kappa shape index (κ1) is 25.9. The Labute approximate surface area is 220 Å². The molecule has 0 radical (unpaired) electrons. The Morgan fingerprint density at radius 1 is 1.05 bits per heavy atom. The van der Waals surface area contributed by atoms with E-state index in [4.69, 9.17) is 0 Å². The monoisotopic (exact) mass is 523 g/mol. The van der Waals surface area contributed by atoms with Crippen molar-refractivity contribution in [1.82, 2.24) is 15.1 Å². The van der Waals surface area contributed by atoms with Crippen molar-refractivity contribution in [3.8, 4) is 0 Å². The average molecular weight is 524 g/mol. The smallest absolute Gasteiger partial charge is 0.223 e. The molecule has 2 aromatic carbocycles. The van der Waals surface area contributed by atoms with E-state index in [-0.39, 0.29) is 29.2 Å². The van der Waals surface area contributed by atoms with Crippen molar-refractivity contribution in [2.45, 2.75) is 56.0 Å². The number of hydrogen-bond acceptors (Lipinski definition) is 5. The summed E-state index contributed by atoms with van der Waals surface area (Å²) in [4.78, 5) is 30.1. The first-order chi connectivity index (χ1) is 17.7. The van der Waals surface area contributed by atoms with Crippen LogP contribution in [0.15, 0.2) is 59.5 Å². The van der Waals surface area contributed by atoms with Gasteiger partial charge in [0.2, 0.25) is 11.8 Å². The molecule has 8 heteroatoms. The summed E-state index contributed by atoms with van der Waals surface area (Å²) in [6.07, 6.45) is 6.66.